The van der Waals surface area contributed by atoms with E-state index in [0.717, 1.165) is 22.4 Å². The normalized spacial score (nSPS) is 11.8. The fourth-order valence-electron chi connectivity index (χ4n) is 3.50. The third-order valence-corrected chi connectivity index (χ3v) is 5.04. The van der Waals surface area contributed by atoms with Crippen LogP contribution in [0.2, 0.25) is 0 Å². The van der Waals surface area contributed by atoms with Crippen LogP contribution >= 0.6 is 0 Å². The van der Waals surface area contributed by atoms with Crippen LogP contribution in [0.3, 0.4) is 0 Å². The molecule has 2 aromatic carbocycles. The van der Waals surface area contributed by atoms with Crippen LogP contribution in [0.15, 0.2) is 79.3 Å². The Morgan fingerprint density at radius 1 is 1.03 bits per heavy atom. The van der Waals surface area contributed by atoms with Crippen molar-refractivity contribution in [3.63, 3.8) is 0 Å². The van der Waals surface area contributed by atoms with Crippen LogP contribution in [-0.4, -0.2) is 25.7 Å². The van der Waals surface area contributed by atoms with Crippen molar-refractivity contribution in [1.82, 2.24) is 19.7 Å². The van der Waals surface area contributed by atoms with Crippen LogP contribution < -0.4 is 4.90 Å². The first-order chi connectivity index (χ1) is 14.5. The third-order valence-electron chi connectivity index (χ3n) is 5.04. The van der Waals surface area contributed by atoms with Crippen molar-refractivity contribution >= 4 is 11.6 Å². The second kappa shape index (κ2) is 8.29. The van der Waals surface area contributed by atoms with Gasteiger partial charge in [-0.2, -0.15) is 5.10 Å². The molecule has 6 nitrogen and oxygen atoms in total. The number of para-hydroxylation sites is 1. The van der Waals surface area contributed by atoms with Crippen molar-refractivity contribution in [1.29, 1.82) is 0 Å². The second-order valence-electron chi connectivity index (χ2n) is 7.20. The van der Waals surface area contributed by atoms with Crippen LogP contribution in [0.5, 0.6) is 0 Å². The Morgan fingerprint density at radius 2 is 1.83 bits per heavy atom. The number of hydrogen-bond acceptors (Lipinski definition) is 4. The molecule has 2 aromatic heterocycles. The Hall–Kier alpha value is -3.80. The molecule has 1 unspecified atom stereocenters. The summed E-state index contributed by atoms with van der Waals surface area (Å²) >= 11 is 0. The van der Waals surface area contributed by atoms with Gasteiger partial charge in [-0.15, -0.1) is 0 Å². The molecule has 0 radical (unpaired) electrons. The van der Waals surface area contributed by atoms with Crippen molar-refractivity contribution in [2.24, 2.45) is 7.05 Å². The zero-order chi connectivity index (χ0) is 21.1. The quantitative estimate of drug-likeness (QED) is 0.494. The molecule has 0 fully saturated rings. The van der Waals surface area contributed by atoms with Gasteiger partial charge in [0.15, 0.2) is 0 Å². The van der Waals surface area contributed by atoms with Gasteiger partial charge in [-0.1, -0.05) is 36.4 Å². The largest absolute Gasteiger partial charge is 0.300 e. The van der Waals surface area contributed by atoms with E-state index >= 15 is 0 Å². The summed E-state index contributed by atoms with van der Waals surface area (Å²) in [7, 11) is 1.90. The lowest BCUT2D eigenvalue weighted by Crippen LogP contribution is -2.34. The van der Waals surface area contributed by atoms with Gasteiger partial charge in [-0.05, 0) is 49.2 Å². The molecule has 6 heteroatoms. The summed E-state index contributed by atoms with van der Waals surface area (Å²) in [6, 6.07) is 19.3. The van der Waals surface area contributed by atoms with Gasteiger partial charge in [0, 0.05) is 30.7 Å². The number of nitrogens with zero attached hydrogens (tertiary/aromatic N) is 5. The Kier molecular flexibility index (Phi) is 5.39. The molecule has 4 aromatic rings. The summed E-state index contributed by atoms with van der Waals surface area (Å²) in [5, 5.41) is 4.26. The lowest BCUT2D eigenvalue weighted by atomic mass is 10.0. The van der Waals surface area contributed by atoms with Gasteiger partial charge in [0.25, 0.3) is 5.91 Å². The minimum Gasteiger partial charge on any atom is -0.300 e. The summed E-state index contributed by atoms with van der Waals surface area (Å²) in [6.07, 6.45) is 5.44. The molecular formula is C24H23N5O. The van der Waals surface area contributed by atoms with Crippen molar-refractivity contribution in [2.45, 2.75) is 19.9 Å². The first-order valence-electron chi connectivity index (χ1n) is 9.80. The Bertz CT molecular complexity index is 1170. The predicted molar refractivity (Wildman–Crippen MR) is 117 cm³/mol. The fourth-order valence-corrected chi connectivity index (χ4v) is 3.50. The predicted octanol–water partition coefficient (Wildman–Crippen LogP) is 4.59. The molecule has 1 amide bonds. The number of aryl methyl sites for hydroxylation is 2. The van der Waals surface area contributed by atoms with Gasteiger partial charge >= 0.3 is 0 Å². The summed E-state index contributed by atoms with van der Waals surface area (Å²) in [5.41, 5.74) is 4.32. The van der Waals surface area contributed by atoms with Crippen LogP contribution in [-0.2, 0) is 7.05 Å². The first-order valence-corrected chi connectivity index (χ1v) is 9.80. The van der Waals surface area contributed by atoms with Gasteiger partial charge in [-0.25, -0.2) is 9.97 Å². The highest BCUT2D eigenvalue weighted by Crippen LogP contribution is 2.31. The number of rotatable bonds is 5. The van der Waals surface area contributed by atoms with E-state index < -0.39 is 0 Å². The van der Waals surface area contributed by atoms with Crippen molar-refractivity contribution < 1.29 is 4.79 Å². The summed E-state index contributed by atoms with van der Waals surface area (Å²) < 4.78 is 1.78. The average molecular weight is 397 g/mol. The molecule has 4 rings (SSSR count). The molecule has 2 heterocycles. The second-order valence-corrected chi connectivity index (χ2v) is 7.20. The van der Waals surface area contributed by atoms with E-state index in [1.165, 1.54) is 0 Å². The van der Waals surface area contributed by atoms with Crippen LogP contribution in [0.4, 0.5) is 5.69 Å². The third kappa shape index (κ3) is 3.98. The topological polar surface area (TPSA) is 63.9 Å². The van der Waals surface area contributed by atoms with Gasteiger partial charge in [0.2, 0.25) is 0 Å². The average Bonchev–Trinajstić information content (AvgIpc) is 3.21. The molecule has 0 spiro atoms. The van der Waals surface area contributed by atoms with Gasteiger partial charge in [0.05, 0.1) is 12.2 Å². The molecular weight excluding hydrogens is 374 g/mol. The molecule has 0 aliphatic heterocycles. The lowest BCUT2D eigenvalue weighted by molar-refractivity contribution is 0.0973. The molecule has 0 saturated carbocycles. The molecule has 0 saturated heterocycles. The number of hydrogen-bond donors (Lipinski definition) is 0. The highest BCUT2D eigenvalue weighted by molar-refractivity contribution is 6.05. The molecule has 30 heavy (non-hydrogen) atoms. The molecule has 0 aliphatic carbocycles. The highest BCUT2D eigenvalue weighted by atomic mass is 16.2. The van der Waals surface area contributed by atoms with E-state index in [4.69, 9.17) is 0 Å². The molecule has 0 aliphatic rings. The summed E-state index contributed by atoms with van der Waals surface area (Å²) in [4.78, 5) is 23.7. The Labute approximate surface area is 175 Å². The van der Waals surface area contributed by atoms with E-state index in [1.54, 1.807) is 28.8 Å². The standard InChI is InChI=1S/C24H23N5O/c1-17(19-8-7-9-20(14-19)21-15-26-28(3)16-21)29(22-10-5-4-6-11-22)24(30)23-12-13-25-18(2)27-23/h4-17H,1-3H3. The van der Waals surface area contributed by atoms with Crippen LogP contribution in [0, 0.1) is 6.92 Å². The maximum atomic E-state index is 13.5. The minimum absolute atomic E-state index is 0.161. The SMILES string of the molecule is Cc1nccc(C(=O)N(c2ccccc2)C(C)c2cccc(-c3cnn(C)c3)c2)n1. The number of aromatic nitrogens is 4. The van der Waals surface area contributed by atoms with Crippen molar-refractivity contribution in [3.05, 3.63) is 96.3 Å². The summed E-state index contributed by atoms with van der Waals surface area (Å²) in [6.45, 7) is 3.81. The van der Waals surface area contributed by atoms with Crippen LogP contribution in [0.25, 0.3) is 11.1 Å². The summed E-state index contributed by atoms with van der Waals surface area (Å²) in [5.74, 6) is 0.408. The zero-order valence-corrected chi connectivity index (χ0v) is 17.2. The fraction of sp³-hybridized carbons (Fsp3) is 0.167. The van der Waals surface area contributed by atoms with Gasteiger partial charge < -0.3 is 0 Å². The van der Waals surface area contributed by atoms with E-state index in [0.29, 0.717) is 11.5 Å². The van der Waals surface area contributed by atoms with Crippen molar-refractivity contribution in [3.8, 4) is 11.1 Å². The van der Waals surface area contributed by atoms with Crippen molar-refractivity contribution in [2.75, 3.05) is 4.90 Å². The number of carbonyl (C=O) groups excluding carboxylic acids is 1. The highest BCUT2D eigenvalue weighted by Gasteiger charge is 2.26. The molecule has 1 atom stereocenters. The van der Waals surface area contributed by atoms with E-state index in [9.17, 15) is 4.79 Å². The number of carbonyl (C=O) groups is 1. The molecule has 0 N–H and O–H groups in total. The number of amides is 1. The smallest absolute Gasteiger partial charge is 0.277 e. The number of benzene rings is 2. The lowest BCUT2D eigenvalue weighted by Gasteiger charge is -2.30. The monoisotopic (exact) mass is 397 g/mol. The van der Waals surface area contributed by atoms with Crippen LogP contribution in [0.1, 0.15) is 34.8 Å². The van der Waals surface area contributed by atoms with E-state index in [2.05, 4.69) is 27.2 Å². The molecule has 150 valence electrons. The maximum Gasteiger partial charge on any atom is 0.277 e. The van der Waals surface area contributed by atoms with Gasteiger partial charge in [-0.3, -0.25) is 14.4 Å². The number of anilines is 1. The Morgan fingerprint density at radius 3 is 2.53 bits per heavy atom. The first kappa shape index (κ1) is 19.5. The zero-order valence-electron chi connectivity index (χ0n) is 17.2. The minimum atomic E-state index is -0.202. The Balaban J connectivity index is 1.75. The maximum absolute atomic E-state index is 13.5. The van der Waals surface area contributed by atoms with E-state index in [-0.39, 0.29) is 11.9 Å². The van der Waals surface area contributed by atoms with E-state index in [1.807, 2.05) is 68.8 Å². The van der Waals surface area contributed by atoms with Gasteiger partial charge in [0.1, 0.15) is 11.5 Å². The molecule has 0 bridgehead atoms.